The number of benzene rings is 2. The molecule has 7 heteroatoms. The minimum Gasteiger partial charge on any atom is -0.337 e. The van der Waals surface area contributed by atoms with E-state index in [2.05, 4.69) is 15.9 Å². The summed E-state index contributed by atoms with van der Waals surface area (Å²) in [5, 5.41) is 0. The van der Waals surface area contributed by atoms with Gasteiger partial charge in [-0.15, -0.1) is 0 Å². The summed E-state index contributed by atoms with van der Waals surface area (Å²) in [5.74, 6) is -0.165. The van der Waals surface area contributed by atoms with E-state index in [0.29, 0.717) is 12.1 Å². The van der Waals surface area contributed by atoms with Crippen LogP contribution in [0.5, 0.6) is 0 Å². The Bertz CT molecular complexity index is 880. The summed E-state index contributed by atoms with van der Waals surface area (Å²) in [6, 6.07) is 13.6. The van der Waals surface area contributed by atoms with Gasteiger partial charge in [-0.3, -0.25) is 4.79 Å². The Morgan fingerprint density at radius 2 is 1.62 bits per heavy atom. The Morgan fingerprint density at radius 3 is 2.15 bits per heavy atom. The molecule has 5 nitrogen and oxygen atoms in total. The molecule has 0 radical (unpaired) electrons. The zero-order valence-corrected chi connectivity index (χ0v) is 17.7. The molecule has 0 atom stereocenters. The van der Waals surface area contributed by atoms with E-state index in [1.54, 1.807) is 31.1 Å². The van der Waals surface area contributed by atoms with Gasteiger partial charge < -0.3 is 4.90 Å². The van der Waals surface area contributed by atoms with Gasteiger partial charge in [-0.1, -0.05) is 34.1 Å². The first-order chi connectivity index (χ1) is 12.1. The van der Waals surface area contributed by atoms with Crippen molar-refractivity contribution in [2.24, 2.45) is 0 Å². The van der Waals surface area contributed by atoms with Gasteiger partial charge in [0.1, 0.15) is 0 Å². The number of carbonyl (C=O) groups is 1. The lowest BCUT2D eigenvalue weighted by Gasteiger charge is -2.21. The van der Waals surface area contributed by atoms with Gasteiger partial charge in [-0.25, -0.2) is 8.42 Å². The van der Waals surface area contributed by atoms with E-state index in [0.717, 1.165) is 10.0 Å². The standard InChI is InChI=1S/C19H23BrN2O3S/c1-14(2)22(4)26(24,25)17-11-9-15(10-12-17)19(23)21(3)13-16-7-5-6-8-18(16)20/h5-12,14H,13H2,1-4H3. The van der Waals surface area contributed by atoms with Gasteiger partial charge in [0.15, 0.2) is 0 Å². The summed E-state index contributed by atoms with van der Waals surface area (Å²) < 4.78 is 27.2. The Kier molecular flexibility index (Phi) is 6.60. The summed E-state index contributed by atoms with van der Waals surface area (Å²) in [5.41, 5.74) is 1.45. The van der Waals surface area contributed by atoms with Gasteiger partial charge in [0.2, 0.25) is 10.0 Å². The van der Waals surface area contributed by atoms with E-state index < -0.39 is 10.0 Å². The minimum atomic E-state index is -3.55. The van der Waals surface area contributed by atoms with Gasteiger partial charge >= 0.3 is 0 Å². The third-order valence-electron chi connectivity index (χ3n) is 4.22. The molecule has 0 saturated carbocycles. The molecule has 2 rings (SSSR count). The Labute approximate surface area is 163 Å². The first kappa shape index (κ1) is 20.6. The highest BCUT2D eigenvalue weighted by Gasteiger charge is 2.23. The number of carbonyl (C=O) groups excluding carboxylic acids is 1. The number of hydrogen-bond donors (Lipinski definition) is 0. The highest BCUT2D eigenvalue weighted by Crippen LogP contribution is 2.20. The fourth-order valence-electron chi connectivity index (χ4n) is 2.39. The maximum atomic E-state index is 12.6. The highest BCUT2D eigenvalue weighted by molar-refractivity contribution is 9.10. The van der Waals surface area contributed by atoms with E-state index in [1.165, 1.54) is 16.4 Å². The maximum Gasteiger partial charge on any atom is 0.253 e. The molecule has 140 valence electrons. The van der Waals surface area contributed by atoms with Crippen LogP contribution in [0.2, 0.25) is 0 Å². The Morgan fingerprint density at radius 1 is 1.04 bits per heavy atom. The largest absolute Gasteiger partial charge is 0.337 e. The second-order valence-electron chi connectivity index (χ2n) is 6.39. The van der Waals surface area contributed by atoms with E-state index in [9.17, 15) is 13.2 Å². The van der Waals surface area contributed by atoms with E-state index in [-0.39, 0.29) is 16.8 Å². The van der Waals surface area contributed by atoms with Crippen molar-refractivity contribution in [1.82, 2.24) is 9.21 Å². The summed E-state index contributed by atoms with van der Waals surface area (Å²) in [6.07, 6.45) is 0. The number of halogens is 1. The molecule has 0 bridgehead atoms. The molecule has 0 unspecified atom stereocenters. The van der Waals surface area contributed by atoms with Gasteiger partial charge in [-0.05, 0) is 49.7 Å². The molecule has 0 aliphatic heterocycles. The van der Waals surface area contributed by atoms with E-state index in [1.807, 2.05) is 38.1 Å². The molecule has 0 heterocycles. The summed E-state index contributed by atoms with van der Waals surface area (Å²) in [6.45, 7) is 4.08. The maximum absolute atomic E-state index is 12.6. The van der Waals surface area contributed by atoms with Crippen molar-refractivity contribution in [2.75, 3.05) is 14.1 Å². The monoisotopic (exact) mass is 438 g/mol. The molecular formula is C19H23BrN2O3S. The summed E-state index contributed by atoms with van der Waals surface area (Å²) >= 11 is 3.48. The molecule has 26 heavy (non-hydrogen) atoms. The lowest BCUT2D eigenvalue weighted by atomic mass is 10.1. The van der Waals surface area contributed by atoms with Crippen molar-refractivity contribution in [3.8, 4) is 0 Å². The van der Waals surface area contributed by atoms with E-state index >= 15 is 0 Å². The zero-order chi connectivity index (χ0) is 19.5. The molecule has 2 aromatic rings. The van der Waals surface area contributed by atoms with Crippen LogP contribution in [-0.2, 0) is 16.6 Å². The van der Waals surface area contributed by atoms with Crippen LogP contribution in [0.15, 0.2) is 57.9 Å². The van der Waals surface area contributed by atoms with Gasteiger partial charge in [0.25, 0.3) is 5.91 Å². The van der Waals surface area contributed by atoms with Crippen LogP contribution in [0.3, 0.4) is 0 Å². The normalized spacial score (nSPS) is 11.8. The molecule has 0 aromatic heterocycles. The third-order valence-corrected chi connectivity index (χ3v) is 7.04. The molecular weight excluding hydrogens is 416 g/mol. The first-order valence-electron chi connectivity index (χ1n) is 8.21. The van der Waals surface area contributed by atoms with Gasteiger partial charge in [0.05, 0.1) is 4.90 Å². The second kappa shape index (κ2) is 8.33. The molecule has 0 aliphatic rings. The summed E-state index contributed by atoms with van der Waals surface area (Å²) in [4.78, 5) is 14.4. The molecule has 2 aromatic carbocycles. The predicted octanol–water partition coefficient (Wildman–Crippen LogP) is 3.75. The summed E-state index contributed by atoms with van der Waals surface area (Å²) in [7, 11) is -0.285. The topological polar surface area (TPSA) is 57.7 Å². The van der Waals surface area contributed by atoms with Crippen molar-refractivity contribution in [3.63, 3.8) is 0 Å². The van der Waals surface area contributed by atoms with Crippen molar-refractivity contribution in [1.29, 1.82) is 0 Å². The van der Waals surface area contributed by atoms with E-state index in [4.69, 9.17) is 0 Å². The average Bonchev–Trinajstić information content (AvgIpc) is 2.62. The van der Waals surface area contributed by atoms with Crippen LogP contribution < -0.4 is 0 Å². The molecule has 0 saturated heterocycles. The third kappa shape index (κ3) is 4.52. The van der Waals surface area contributed by atoms with Gasteiger partial charge in [0, 0.05) is 36.7 Å². The quantitative estimate of drug-likeness (QED) is 0.689. The molecule has 0 N–H and O–H groups in total. The predicted molar refractivity (Wildman–Crippen MR) is 106 cm³/mol. The van der Waals surface area contributed by atoms with Crippen molar-refractivity contribution >= 4 is 31.9 Å². The number of sulfonamides is 1. The Hall–Kier alpha value is -1.70. The van der Waals surface area contributed by atoms with Crippen molar-refractivity contribution in [2.45, 2.75) is 31.3 Å². The van der Waals surface area contributed by atoms with Crippen molar-refractivity contribution < 1.29 is 13.2 Å². The van der Waals surface area contributed by atoms with Gasteiger partial charge in [-0.2, -0.15) is 4.31 Å². The zero-order valence-electron chi connectivity index (χ0n) is 15.3. The smallest absolute Gasteiger partial charge is 0.253 e. The number of nitrogens with zero attached hydrogens (tertiary/aromatic N) is 2. The minimum absolute atomic E-state index is 0.142. The highest BCUT2D eigenvalue weighted by atomic mass is 79.9. The first-order valence-corrected chi connectivity index (χ1v) is 10.4. The van der Waals surface area contributed by atoms with Crippen LogP contribution in [0.25, 0.3) is 0 Å². The van der Waals surface area contributed by atoms with Crippen LogP contribution in [-0.4, -0.2) is 43.7 Å². The average molecular weight is 439 g/mol. The SMILES string of the molecule is CC(C)N(C)S(=O)(=O)c1ccc(C(=O)N(C)Cc2ccccc2Br)cc1. The molecule has 0 fully saturated rings. The second-order valence-corrected chi connectivity index (χ2v) is 9.24. The van der Waals surface area contributed by atoms with Crippen LogP contribution in [0, 0.1) is 0 Å². The van der Waals surface area contributed by atoms with Crippen LogP contribution >= 0.6 is 15.9 Å². The number of rotatable bonds is 6. The van der Waals surface area contributed by atoms with Crippen LogP contribution in [0.1, 0.15) is 29.8 Å². The fourth-order valence-corrected chi connectivity index (χ4v) is 4.17. The molecule has 0 aliphatic carbocycles. The van der Waals surface area contributed by atoms with Crippen LogP contribution in [0.4, 0.5) is 0 Å². The lowest BCUT2D eigenvalue weighted by molar-refractivity contribution is 0.0784. The molecule has 0 spiro atoms. The number of hydrogen-bond acceptors (Lipinski definition) is 3. The van der Waals surface area contributed by atoms with Crippen molar-refractivity contribution in [3.05, 3.63) is 64.1 Å². The molecule has 1 amide bonds. The number of amides is 1. The fraction of sp³-hybridized carbons (Fsp3) is 0.316. The lowest BCUT2D eigenvalue weighted by Crippen LogP contribution is -2.33. The Balaban J connectivity index is 2.17.